The molecule has 1 N–H and O–H groups in total. The molecule has 0 aliphatic rings. The van der Waals surface area contributed by atoms with E-state index in [0.29, 0.717) is 5.33 Å². The Balaban J connectivity index is 3.19. The average molecular weight is 267 g/mol. The van der Waals surface area contributed by atoms with Gasteiger partial charge in [-0.1, -0.05) is 15.9 Å². The predicted octanol–water partition coefficient (Wildman–Crippen LogP) is 2.03. The molecule has 0 saturated carbocycles. The molecule has 0 amide bonds. The first kappa shape index (κ1) is 8.01. The SMILES string of the molecule is O=c1cc(Br)[nH]c(CBr)c1. The fourth-order valence-electron chi connectivity index (χ4n) is 0.636. The van der Waals surface area contributed by atoms with Gasteiger partial charge in [-0.15, -0.1) is 0 Å². The van der Waals surface area contributed by atoms with Gasteiger partial charge in [-0.05, 0) is 15.9 Å². The third kappa shape index (κ3) is 1.95. The molecule has 0 unspecified atom stereocenters. The van der Waals surface area contributed by atoms with Crippen LogP contribution >= 0.6 is 31.9 Å². The molecule has 10 heavy (non-hydrogen) atoms. The molecule has 1 heterocycles. The first-order valence-corrected chi connectivity index (χ1v) is 4.58. The lowest BCUT2D eigenvalue weighted by Gasteiger charge is -1.94. The Bertz CT molecular complexity index is 281. The minimum atomic E-state index is 0.0140. The van der Waals surface area contributed by atoms with E-state index < -0.39 is 0 Å². The van der Waals surface area contributed by atoms with E-state index in [-0.39, 0.29) is 5.43 Å². The second-order valence-corrected chi connectivity index (χ2v) is 3.24. The fraction of sp³-hybridized carbons (Fsp3) is 0.167. The molecular formula is C6H5Br2NO. The number of alkyl halides is 1. The summed E-state index contributed by atoms with van der Waals surface area (Å²) >= 11 is 6.41. The molecule has 1 rings (SSSR count). The van der Waals surface area contributed by atoms with Crippen LogP contribution in [-0.4, -0.2) is 4.98 Å². The van der Waals surface area contributed by atoms with Crippen LogP contribution in [0.15, 0.2) is 21.5 Å². The highest BCUT2D eigenvalue weighted by Gasteiger charge is 1.93. The van der Waals surface area contributed by atoms with Gasteiger partial charge in [0, 0.05) is 23.2 Å². The highest BCUT2D eigenvalue weighted by atomic mass is 79.9. The summed E-state index contributed by atoms with van der Waals surface area (Å²) in [5.74, 6) is 0. The number of aromatic amines is 1. The van der Waals surface area contributed by atoms with Gasteiger partial charge in [0.05, 0.1) is 4.60 Å². The summed E-state index contributed by atoms with van der Waals surface area (Å²) in [7, 11) is 0. The van der Waals surface area contributed by atoms with E-state index in [0.717, 1.165) is 10.3 Å². The third-order valence-corrected chi connectivity index (χ3v) is 2.04. The Morgan fingerprint density at radius 3 is 2.70 bits per heavy atom. The molecule has 0 fully saturated rings. The van der Waals surface area contributed by atoms with E-state index in [4.69, 9.17) is 0 Å². The van der Waals surface area contributed by atoms with Crippen molar-refractivity contribution in [1.82, 2.24) is 4.98 Å². The van der Waals surface area contributed by atoms with Crippen molar-refractivity contribution in [2.24, 2.45) is 0 Å². The highest BCUT2D eigenvalue weighted by Crippen LogP contribution is 2.05. The molecule has 0 aliphatic carbocycles. The van der Waals surface area contributed by atoms with Gasteiger partial charge in [0.25, 0.3) is 0 Å². The zero-order chi connectivity index (χ0) is 7.56. The number of hydrogen-bond donors (Lipinski definition) is 1. The normalized spacial score (nSPS) is 9.80. The van der Waals surface area contributed by atoms with E-state index in [2.05, 4.69) is 36.8 Å². The largest absolute Gasteiger partial charge is 0.352 e. The van der Waals surface area contributed by atoms with E-state index in [1.807, 2.05) is 0 Å². The van der Waals surface area contributed by atoms with Crippen molar-refractivity contribution in [3.8, 4) is 0 Å². The highest BCUT2D eigenvalue weighted by molar-refractivity contribution is 9.10. The van der Waals surface area contributed by atoms with E-state index in [9.17, 15) is 4.79 Å². The summed E-state index contributed by atoms with van der Waals surface area (Å²) in [5, 5.41) is 0.668. The smallest absolute Gasteiger partial charge is 0.183 e. The van der Waals surface area contributed by atoms with Gasteiger partial charge < -0.3 is 4.98 Å². The van der Waals surface area contributed by atoms with Crippen molar-refractivity contribution in [3.05, 3.63) is 32.7 Å². The Kier molecular flexibility index (Phi) is 2.68. The molecule has 0 aromatic carbocycles. The van der Waals surface area contributed by atoms with Crippen LogP contribution < -0.4 is 5.43 Å². The number of pyridine rings is 1. The lowest BCUT2D eigenvalue weighted by Crippen LogP contribution is -2.00. The first-order chi connectivity index (χ1) is 4.72. The zero-order valence-electron chi connectivity index (χ0n) is 5.03. The standard InChI is InChI=1S/C6H5Br2NO/c7-3-4-1-5(10)2-6(8)9-4/h1-2H,3H2,(H,9,10). The molecule has 2 nitrogen and oxygen atoms in total. The number of hydrogen-bond acceptors (Lipinski definition) is 1. The number of nitrogens with one attached hydrogen (secondary N) is 1. The van der Waals surface area contributed by atoms with Crippen LogP contribution in [0.25, 0.3) is 0 Å². The summed E-state index contributed by atoms with van der Waals surface area (Å²) < 4.78 is 0.717. The fourth-order valence-corrected chi connectivity index (χ4v) is 1.42. The van der Waals surface area contributed by atoms with Crippen molar-refractivity contribution >= 4 is 31.9 Å². The van der Waals surface area contributed by atoms with Gasteiger partial charge in [0.2, 0.25) is 0 Å². The molecule has 4 heteroatoms. The van der Waals surface area contributed by atoms with Crippen LogP contribution in [0.2, 0.25) is 0 Å². The van der Waals surface area contributed by atoms with Gasteiger partial charge in [-0.2, -0.15) is 0 Å². The monoisotopic (exact) mass is 265 g/mol. The van der Waals surface area contributed by atoms with E-state index in [1.54, 1.807) is 6.07 Å². The molecule has 0 aliphatic heterocycles. The summed E-state index contributed by atoms with van der Waals surface area (Å²) in [6.07, 6.45) is 0. The summed E-state index contributed by atoms with van der Waals surface area (Å²) in [6, 6.07) is 3.05. The van der Waals surface area contributed by atoms with Crippen molar-refractivity contribution in [2.45, 2.75) is 5.33 Å². The van der Waals surface area contributed by atoms with Crippen LogP contribution in [0.5, 0.6) is 0 Å². The number of aromatic nitrogens is 1. The summed E-state index contributed by atoms with van der Waals surface area (Å²) in [6.45, 7) is 0. The maximum absolute atomic E-state index is 10.8. The van der Waals surface area contributed by atoms with E-state index in [1.165, 1.54) is 6.07 Å². The van der Waals surface area contributed by atoms with Crippen LogP contribution in [0.3, 0.4) is 0 Å². The van der Waals surface area contributed by atoms with Crippen molar-refractivity contribution < 1.29 is 0 Å². The lowest BCUT2D eigenvalue weighted by atomic mass is 10.4. The van der Waals surface area contributed by atoms with Crippen LogP contribution in [0.4, 0.5) is 0 Å². The number of H-pyrrole nitrogens is 1. The quantitative estimate of drug-likeness (QED) is 0.612. The maximum atomic E-state index is 10.8. The first-order valence-electron chi connectivity index (χ1n) is 2.67. The molecule has 0 saturated heterocycles. The van der Waals surface area contributed by atoms with Gasteiger partial charge >= 0.3 is 0 Å². The second-order valence-electron chi connectivity index (χ2n) is 1.82. The van der Waals surface area contributed by atoms with Gasteiger partial charge in [0.1, 0.15) is 0 Å². The van der Waals surface area contributed by atoms with Crippen LogP contribution in [0, 0.1) is 0 Å². The molecule has 1 aromatic heterocycles. The maximum Gasteiger partial charge on any atom is 0.183 e. The minimum Gasteiger partial charge on any atom is -0.352 e. The number of rotatable bonds is 1. The Labute approximate surface area is 74.9 Å². The summed E-state index contributed by atoms with van der Waals surface area (Å²) in [5.41, 5.74) is 0.888. The van der Waals surface area contributed by atoms with Crippen molar-refractivity contribution in [1.29, 1.82) is 0 Å². The second kappa shape index (κ2) is 3.34. The number of halogens is 2. The average Bonchev–Trinajstić information content (AvgIpc) is 1.85. The Hall–Kier alpha value is -0.0900. The zero-order valence-corrected chi connectivity index (χ0v) is 8.20. The van der Waals surface area contributed by atoms with E-state index >= 15 is 0 Å². The minimum absolute atomic E-state index is 0.0140. The Morgan fingerprint density at radius 1 is 1.50 bits per heavy atom. The molecule has 0 spiro atoms. The van der Waals surface area contributed by atoms with Crippen LogP contribution in [0.1, 0.15) is 5.69 Å². The molecule has 54 valence electrons. The third-order valence-electron chi connectivity index (χ3n) is 1.01. The topological polar surface area (TPSA) is 32.9 Å². The molecule has 1 aromatic rings. The molecule has 0 radical (unpaired) electrons. The van der Waals surface area contributed by atoms with Crippen molar-refractivity contribution in [3.63, 3.8) is 0 Å². The van der Waals surface area contributed by atoms with Crippen molar-refractivity contribution in [2.75, 3.05) is 0 Å². The predicted molar refractivity (Wildman–Crippen MR) is 47.4 cm³/mol. The Morgan fingerprint density at radius 2 is 2.20 bits per heavy atom. The molecule has 0 bridgehead atoms. The molecule has 0 atom stereocenters. The lowest BCUT2D eigenvalue weighted by molar-refractivity contribution is 1.14. The molecular weight excluding hydrogens is 262 g/mol. The van der Waals surface area contributed by atoms with Gasteiger partial charge in [-0.3, -0.25) is 4.79 Å². The van der Waals surface area contributed by atoms with Gasteiger partial charge in [0.15, 0.2) is 5.43 Å². The summed E-state index contributed by atoms with van der Waals surface area (Å²) in [4.78, 5) is 13.8. The van der Waals surface area contributed by atoms with Crippen LogP contribution in [-0.2, 0) is 5.33 Å². The van der Waals surface area contributed by atoms with Gasteiger partial charge in [-0.25, -0.2) is 0 Å².